The molecule has 0 radical (unpaired) electrons. The molecule has 0 bridgehead atoms. The summed E-state index contributed by atoms with van der Waals surface area (Å²) in [5.74, 6) is 0. The van der Waals surface area contributed by atoms with E-state index in [2.05, 4.69) is 31.2 Å². The summed E-state index contributed by atoms with van der Waals surface area (Å²) in [6.07, 6.45) is 1.05. The average Bonchev–Trinajstić information content (AvgIpc) is 2.39. The Bertz CT molecular complexity index is 288. The van der Waals surface area contributed by atoms with Crippen molar-refractivity contribution in [1.82, 2.24) is 0 Å². The molecule has 0 aliphatic carbocycles. The third-order valence-electron chi connectivity index (χ3n) is 2.61. The molecule has 0 aromatic heterocycles. The molecule has 0 atom stereocenters. The zero-order valence-electron chi connectivity index (χ0n) is 11.8. The van der Waals surface area contributed by atoms with Crippen molar-refractivity contribution in [2.24, 2.45) is 0 Å². The van der Waals surface area contributed by atoms with E-state index in [9.17, 15) is 0 Å². The monoisotopic (exact) mass is 238 g/mol. The van der Waals surface area contributed by atoms with E-state index in [-0.39, 0.29) is 12.2 Å². The molecule has 0 heterocycles. The Balaban J connectivity index is 0.00000121. The van der Waals surface area contributed by atoms with Gasteiger partial charge in [0.25, 0.3) is 0 Å². The second-order valence-electron chi connectivity index (χ2n) is 4.13. The van der Waals surface area contributed by atoms with Crippen LogP contribution in [0, 0.1) is 0 Å². The lowest BCUT2D eigenvalue weighted by Gasteiger charge is -2.25. The van der Waals surface area contributed by atoms with Crippen molar-refractivity contribution in [3.8, 4) is 0 Å². The minimum atomic E-state index is -0.324. The van der Waals surface area contributed by atoms with E-state index in [0.29, 0.717) is 6.61 Å². The van der Waals surface area contributed by atoms with Gasteiger partial charge < -0.3 is 9.84 Å². The van der Waals surface area contributed by atoms with Crippen molar-refractivity contribution in [3.63, 3.8) is 0 Å². The van der Waals surface area contributed by atoms with Gasteiger partial charge in [-0.15, -0.1) is 0 Å². The molecule has 0 aliphatic heterocycles. The van der Waals surface area contributed by atoms with Crippen LogP contribution in [0.2, 0.25) is 0 Å². The Morgan fingerprint density at radius 2 is 1.65 bits per heavy atom. The lowest BCUT2D eigenvalue weighted by molar-refractivity contribution is -0.0369. The van der Waals surface area contributed by atoms with Crippen LogP contribution >= 0.6 is 0 Å². The van der Waals surface area contributed by atoms with Crippen molar-refractivity contribution in [1.29, 1.82) is 0 Å². The summed E-state index contributed by atoms with van der Waals surface area (Å²) in [7, 11) is 0. The summed E-state index contributed by atoms with van der Waals surface area (Å²) < 4.78 is 5.59. The highest BCUT2D eigenvalue weighted by atomic mass is 16.5. The van der Waals surface area contributed by atoms with E-state index >= 15 is 0 Å². The van der Waals surface area contributed by atoms with E-state index in [4.69, 9.17) is 9.84 Å². The second-order valence-corrected chi connectivity index (χ2v) is 4.13. The number of aliphatic hydroxyl groups is 1. The van der Waals surface area contributed by atoms with E-state index in [1.807, 2.05) is 27.7 Å². The summed E-state index contributed by atoms with van der Waals surface area (Å²) >= 11 is 0. The highest BCUT2D eigenvalue weighted by molar-refractivity contribution is 5.26. The maximum Gasteiger partial charge on any atom is 0.0876 e. The van der Waals surface area contributed by atoms with Crippen LogP contribution in [0.15, 0.2) is 24.3 Å². The van der Waals surface area contributed by atoms with Gasteiger partial charge in [-0.3, -0.25) is 0 Å². The first kappa shape index (κ1) is 16.1. The normalized spacial score (nSPS) is 10.7. The van der Waals surface area contributed by atoms with Crippen molar-refractivity contribution in [2.75, 3.05) is 13.2 Å². The molecule has 0 fully saturated rings. The molecule has 1 N–H and O–H groups in total. The fourth-order valence-corrected chi connectivity index (χ4v) is 1.53. The number of aliphatic hydroxyl groups excluding tert-OH is 1. The van der Waals surface area contributed by atoms with Gasteiger partial charge in [-0.25, -0.2) is 0 Å². The Labute approximate surface area is 106 Å². The molecular formula is C15H26O2. The van der Waals surface area contributed by atoms with Crippen LogP contribution in [-0.2, 0) is 16.8 Å². The number of hydrogen-bond acceptors (Lipinski definition) is 2. The van der Waals surface area contributed by atoms with Gasteiger partial charge in [0.2, 0.25) is 0 Å². The Morgan fingerprint density at radius 3 is 2.06 bits per heavy atom. The van der Waals surface area contributed by atoms with Crippen LogP contribution in [0.3, 0.4) is 0 Å². The van der Waals surface area contributed by atoms with Gasteiger partial charge in [0.15, 0.2) is 0 Å². The zero-order chi connectivity index (χ0) is 13.3. The highest BCUT2D eigenvalue weighted by Crippen LogP contribution is 2.24. The van der Waals surface area contributed by atoms with Crippen molar-refractivity contribution < 1.29 is 9.84 Å². The molecule has 0 unspecified atom stereocenters. The first-order valence-corrected chi connectivity index (χ1v) is 6.44. The summed E-state index contributed by atoms with van der Waals surface area (Å²) in [6, 6.07) is 8.44. The first-order chi connectivity index (χ1) is 8.10. The van der Waals surface area contributed by atoms with Gasteiger partial charge in [0.1, 0.15) is 0 Å². The lowest BCUT2D eigenvalue weighted by atomic mass is 9.96. The molecule has 98 valence electrons. The van der Waals surface area contributed by atoms with Crippen LogP contribution < -0.4 is 0 Å². The molecule has 0 saturated carbocycles. The molecule has 0 spiro atoms. The predicted molar refractivity (Wildman–Crippen MR) is 73.2 cm³/mol. The fraction of sp³-hybridized carbons (Fsp3) is 0.600. The maximum atomic E-state index is 8.73. The number of aryl methyl sites for hydroxylation is 1. The highest BCUT2D eigenvalue weighted by Gasteiger charge is 2.20. The van der Waals surface area contributed by atoms with Crippen molar-refractivity contribution >= 4 is 0 Å². The van der Waals surface area contributed by atoms with Crippen LogP contribution in [-0.4, -0.2) is 18.3 Å². The number of rotatable bonds is 5. The quantitative estimate of drug-likeness (QED) is 0.850. The SMILES string of the molecule is CC.CCc1ccc(C(C)(C)OCCO)cc1. The van der Waals surface area contributed by atoms with Gasteiger partial charge in [-0.05, 0) is 31.4 Å². The average molecular weight is 238 g/mol. The molecule has 0 aliphatic rings. The Kier molecular flexibility index (Phi) is 7.85. The van der Waals surface area contributed by atoms with E-state index in [1.54, 1.807) is 0 Å². The van der Waals surface area contributed by atoms with Crippen molar-refractivity contribution in [2.45, 2.75) is 46.6 Å². The molecule has 2 nitrogen and oxygen atoms in total. The summed E-state index contributed by atoms with van der Waals surface area (Å²) in [4.78, 5) is 0. The number of benzene rings is 1. The Morgan fingerprint density at radius 1 is 1.12 bits per heavy atom. The third-order valence-corrected chi connectivity index (χ3v) is 2.61. The fourth-order valence-electron chi connectivity index (χ4n) is 1.53. The molecule has 2 heteroatoms. The summed E-state index contributed by atoms with van der Waals surface area (Å²) in [5, 5.41) is 8.73. The molecule has 1 aromatic rings. The summed E-state index contributed by atoms with van der Waals surface area (Å²) in [6.45, 7) is 10.6. The molecule has 1 aromatic carbocycles. The molecule has 17 heavy (non-hydrogen) atoms. The smallest absolute Gasteiger partial charge is 0.0876 e. The lowest BCUT2D eigenvalue weighted by Crippen LogP contribution is -2.23. The van der Waals surface area contributed by atoms with Gasteiger partial charge >= 0.3 is 0 Å². The number of hydrogen-bond donors (Lipinski definition) is 1. The van der Waals surface area contributed by atoms with Crippen LogP contribution in [0.4, 0.5) is 0 Å². The summed E-state index contributed by atoms with van der Waals surface area (Å²) in [5.41, 5.74) is 2.15. The molecular weight excluding hydrogens is 212 g/mol. The number of ether oxygens (including phenoxy) is 1. The molecule has 1 rings (SSSR count). The Hall–Kier alpha value is -0.860. The van der Waals surface area contributed by atoms with Crippen molar-refractivity contribution in [3.05, 3.63) is 35.4 Å². The first-order valence-electron chi connectivity index (χ1n) is 6.44. The maximum absolute atomic E-state index is 8.73. The van der Waals surface area contributed by atoms with Gasteiger partial charge in [0.05, 0.1) is 18.8 Å². The van der Waals surface area contributed by atoms with E-state index < -0.39 is 0 Å². The second kappa shape index (κ2) is 8.26. The van der Waals surface area contributed by atoms with E-state index in [0.717, 1.165) is 12.0 Å². The molecule has 0 amide bonds. The minimum Gasteiger partial charge on any atom is -0.394 e. The standard InChI is InChI=1S/C13H20O2.C2H6/c1-4-11-5-7-12(8-6-11)13(2,3)15-10-9-14;1-2/h5-8,14H,4,9-10H2,1-3H3;1-2H3. The van der Waals surface area contributed by atoms with Crippen LogP contribution in [0.25, 0.3) is 0 Å². The van der Waals surface area contributed by atoms with Crippen LogP contribution in [0.5, 0.6) is 0 Å². The predicted octanol–water partition coefficient (Wildman–Crippen LogP) is 3.52. The van der Waals surface area contributed by atoms with Crippen LogP contribution in [0.1, 0.15) is 45.7 Å². The third kappa shape index (κ3) is 5.33. The minimum absolute atomic E-state index is 0.0659. The molecule has 0 saturated heterocycles. The largest absolute Gasteiger partial charge is 0.394 e. The van der Waals surface area contributed by atoms with Gasteiger partial charge in [-0.2, -0.15) is 0 Å². The zero-order valence-corrected chi connectivity index (χ0v) is 11.8. The topological polar surface area (TPSA) is 29.5 Å². The van der Waals surface area contributed by atoms with Gasteiger partial charge in [-0.1, -0.05) is 45.0 Å². The van der Waals surface area contributed by atoms with Gasteiger partial charge in [0, 0.05) is 0 Å². The van der Waals surface area contributed by atoms with E-state index in [1.165, 1.54) is 5.56 Å².